The van der Waals surface area contributed by atoms with Gasteiger partial charge in [0.1, 0.15) is 18.1 Å². The zero-order valence-corrected chi connectivity index (χ0v) is 20.2. The van der Waals surface area contributed by atoms with E-state index in [4.69, 9.17) is 20.9 Å². The molecule has 0 radical (unpaired) electrons. The molecule has 8 heteroatoms. The lowest BCUT2D eigenvalue weighted by molar-refractivity contribution is -0.117. The number of nitrogens with one attached hydrogen (secondary N) is 1. The van der Waals surface area contributed by atoms with Crippen molar-refractivity contribution >= 4 is 45.6 Å². The Morgan fingerprint density at radius 2 is 1.91 bits per heavy atom. The molecule has 1 saturated heterocycles. The number of aromatic nitrogens is 1. The number of anilines is 2. The number of amides is 2. The third-order valence-electron chi connectivity index (χ3n) is 6.22. The second kappa shape index (κ2) is 9.43. The third-order valence-corrected chi connectivity index (χ3v) is 6.52. The number of carbonyl (C=O) groups excluding carboxylic acids is 2. The Morgan fingerprint density at radius 1 is 1.14 bits per heavy atom. The van der Waals surface area contributed by atoms with Gasteiger partial charge < -0.3 is 19.5 Å². The molecule has 2 amide bonds. The van der Waals surface area contributed by atoms with Crippen LogP contribution in [-0.4, -0.2) is 23.5 Å². The Hall–Kier alpha value is -3.84. The highest BCUT2D eigenvalue weighted by Gasteiger charge is 2.24. The van der Waals surface area contributed by atoms with Crippen molar-refractivity contribution in [3.63, 3.8) is 0 Å². The van der Waals surface area contributed by atoms with Crippen LogP contribution in [0.2, 0.25) is 5.02 Å². The molecule has 0 atom stereocenters. The van der Waals surface area contributed by atoms with Gasteiger partial charge in [0.05, 0.1) is 27.5 Å². The van der Waals surface area contributed by atoms with Gasteiger partial charge in [-0.05, 0) is 61.4 Å². The Morgan fingerprint density at radius 3 is 2.57 bits per heavy atom. The number of hydrogen-bond acceptors (Lipinski definition) is 5. The number of rotatable bonds is 6. The molecule has 0 aliphatic carbocycles. The number of nitrogens with zero attached hydrogens (tertiary/aromatic N) is 2. The maximum absolute atomic E-state index is 13.3. The van der Waals surface area contributed by atoms with Gasteiger partial charge in [0.15, 0.2) is 0 Å². The molecule has 1 aliphatic heterocycles. The molecule has 4 aromatic rings. The molecule has 1 aliphatic rings. The van der Waals surface area contributed by atoms with E-state index in [0.29, 0.717) is 46.4 Å². The molecular formula is C27H24ClN3O4. The fraction of sp³-hybridized carbons (Fsp3) is 0.222. The zero-order chi connectivity index (χ0) is 24.5. The number of fused-ring (bicyclic) bond motifs is 1. The topological polar surface area (TPSA) is 84.7 Å². The van der Waals surface area contributed by atoms with E-state index in [1.165, 1.54) is 0 Å². The molecule has 7 nitrogen and oxygen atoms in total. The summed E-state index contributed by atoms with van der Waals surface area (Å²) in [7, 11) is 0. The van der Waals surface area contributed by atoms with Crippen LogP contribution in [0.3, 0.4) is 0 Å². The second-order valence-corrected chi connectivity index (χ2v) is 8.96. The molecule has 3 aromatic carbocycles. The van der Waals surface area contributed by atoms with Gasteiger partial charge in [-0.2, -0.15) is 0 Å². The van der Waals surface area contributed by atoms with Crippen molar-refractivity contribution in [1.82, 2.24) is 5.16 Å². The highest BCUT2D eigenvalue weighted by molar-refractivity contribution is 6.34. The van der Waals surface area contributed by atoms with E-state index < -0.39 is 0 Å². The minimum Gasteiger partial charge on any atom is -0.488 e. The molecule has 0 bridgehead atoms. The quantitative estimate of drug-likeness (QED) is 0.356. The van der Waals surface area contributed by atoms with Gasteiger partial charge in [0, 0.05) is 18.7 Å². The highest BCUT2D eigenvalue weighted by Crippen LogP contribution is 2.33. The molecule has 1 N–H and O–H groups in total. The van der Waals surface area contributed by atoms with Crippen molar-refractivity contribution in [2.45, 2.75) is 33.3 Å². The largest absolute Gasteiger partial charge is 0.488 e. The number of carbonyl (C=O) groups is 2. The van der Waals surface area contributed by atoms with Crippen molar-refractivity contribution < 1.29 is 18.8 Å². The number of hydrogen-bond donors (Lipinski definition) is 1. The first-order valence-electron chi connectivity index (χ1n) is 11.4. The molecule has 0 saturated carbocycles. The lowest BCUT2D eigenvalue weighted by atomic mass is 10.0. The monoisotopic (exact) mass is 489 g/mol. The summed E-state index contributed by atoms with van der Waals surface area (Å²) in [4.78, 5) is 27.1. The van der Waals surface area contributed by atoms with Crippen LogP contribution in [-0.2, 0) is 11.4 Å². The van der Waals surface area contributed by atoms with Crippen LogP contribution < -0.4 is 15.0 Å². The number of benzene rings is 3. The van der Waals surface area contributed by atoms with E-state index in [-0.39, 0.29) is 18.4 Å². The molecule has 1 fully saturated rings. The van der Waals surface area contributed by atoms with E-state index in [2.05, 4.69) is 10.5 Å². The number of halogens is 1. The van der Waals surface area contributed by atoms with Crippen LogP contribution in [0.15, 0.2) is 59.1 Å². The van der Waals surface area contributed by atoms with Gasteiger partial charge in [-0.15, -0.1) is 0 Å². The van der Waals surface area contributed by atoms with Crippen molar-refractivity contribution in [2.75, 3.05) is 16.8 Å². The SMILES string of the molecule is Cc1noc(C)c1COc1cc2ccccc2cc1C(=O)Nc1ccc(N2CCCC2=O)c(Cl)c1. The number of aryl methyl sites for hydroxylation is 2. The van der Waals surface area contributed by atoms with E-state index in [9.17, 15) is 9.59 Å². The predicted octanol–water partition coefficient (Wildman–Crippen LogP) is 6.06. The molecule has 2 heterocycles. The molecule has 0 spiro atoms. The lowest BCUT2D eigenvalue weighted by Crippen LogP contribution is -2.24. The normalized spacial score (nSPS) is 13.5. The summed E-state index contributed by atoms with van der Waals surface area (Å²) >= 11 is 6.47. The lowest BCUT2D eigenvalue weighted by Gasteiger charge is -2.18. The Kier molecular flexibility index (Phi) is 6.17. The van der Waals surface area contributed by atoms with Gasteiger partial charge in [-0.25, -0.2) is 0 Å². The van der Waals surface area contributed by atoms with Crippen molar-refractivity contribution in [3.8, 4) is 5.75 Å². The molecule has 5 rings (SSSR count). The maximum Gasteiger partial charge on any atom is 0.259 e. The summed E-state index contributed by atoms with van der Waals surface area (Å²) in [6, 6.07) is 16.6. The second-order valence-electron chi connectivity index (χ2n) is 8.56. The summed E-state index contributed by atoms with van der Waals surface area (Å²) in [5.74, 6) is 0.859. The average molecular weight is 490 g/mol. The third kappa shape index (κ3) is 4.59. The summed E-state index contributed by atoms with van der Waals surface area (Å²) in [6.07, 6.45) is 1.33. The van der Waals surface area contributed by atoms with Crippen LogP contribution in [0, 0.1) is 13.8 Å². The van der Waals surface area contributed by atoms with Crippen molar-refractivity contribution in [3.05, 3.63) is 82.2 Å². The average Bonchev–Trinajstić information content (AvgIpc) is 3.41. The minimum absolute atomic E-state index is 0.0555. The summed E-state index contributed by atoms with van der Waals surface area (Å²) in [5, 5.41) is 9.17. The predicted molar refractivity (Wildman–Crippen MR) is 135 cm³/mol. The Labute approximate surface area is 207 Å². The van der Waals surface area contributed by atoms with E-state index >= 15 is 0 Å². The van der Waals surface area contributed by atoms with E-state index in [1.54, 1.807) is 23.1 Å². The zero-order valence-electron chi connectivity index (χ0n) is 19.4. The van der Waals surface area contributed by atoms with Crippen molar-refractivity contribution in [1.29, 1.82) is 0 Å². The summed E-state index contributed by atoms with van der Waals surface area (Å²) < 4.78 is 11.3. The van der Waals surface area contributed by atoms with E-state index in [0.717, 1.165) is 28.5 Å². The van der Waals surface area contributed by atoms with Crippen LogP contribution in [0.5, 0.6) is 5.75 Å². The fourth-order valence-electron chi connectivity index (χ4n) is 4.28. The van der Waals surface area contributed by atoms with Crippen LogP contribution >= 0.6 is 11.6 Å². The van der Waals surface area contributed by atoms with Crippen LogP contribution in [0.25, 0.3) is 10.8 Å². The molecule has 178 valence electrons. The molecule has 35 heavy (non-hydrogen) atoms. The van der Waals surface area contributed by atoms with Gasteiger partial charge in [-0.3, -0.25) is 9.59 Å². The van der Waals surface area contributed by atoms with Gasteiger partial charge in [-0.1, -0.05) is 41.0 Å². The molecular weight excluding hydrogens is 466 g/mol. The molecule has 0 unspecified atom stereocenters. The first-order chi connectivity index (χ1) is 16.9. The first-order valence-corrected chi connectivity index (χ1v) is 11.8. The van der Waals surface area contributed by atoms with Gasteiger partial charge in [0.2, 0.25) is 5.91 Å². The number of ether oxygens (including phenoxy) is 1. The van der Waals surface area contributed by atoms with Gasteiger partial charge >= 0.3 is 0 Å². The molecule has 1 aromatic heterocycles. The van der Waals surface area contributed by atoms with E-state index in [1.807, 2.05) is 50.2 Å². The van der Waals surface area contributed by atoms with Crippen LogP contribution in [0.1, 0.15) is 40.2 Å². The maximum atomic E-state index is 13.3. The van der Waals surface area contributed by atoms with Crippen molar-refractivity contribution in [2.24, 2.45) is 0 Å². The smallest absolute Gasteiger partial charge is 0.259 e. The summed E-state index contributed by atoms with van der Waals surface area (Å²) in [5.41, 5.74) is 3.18. The highest BCUT2D eigenvalue weighted by atomic mass is 35.5. The summed E-state index contributed by atoms with van der Waals surface area (Å²) in [6.45, 7) is 4.56. The standard InChI is InChI=1S/C27H24ClN3O4/c1-16-22(17(2)35-30-16)15-34-25-13-19-7-4-3-6-18(19)12-21(25)27(33)29-20-9-10-24(23(28)14-20)31-11-5-8-26(31)32/h3-4,6-7,9-10,12-14H,5,8,11,15H2,1-2H3,(H,29,33). The Balaban J connectivity index is 1.43. The van der Waals surface area contributed by atoms with Crippen LogP contribution in [0.4, 0.5) is 11.4 Å². The van der Waals surface area contributed by atoms with Gasteiger partial charge in [0.25, 0.3) is 5.91 Å². The first kappa shape index (κ1) is 22.9. The fourth-order valence-corrected chi connectivity index (χ4v) is 4.56. The Bertz CT molecular complexity index is 1430. The minimum atomic E-state index is -0.328.